The molecule has 1 atom stereocenters. The van der Waals surface area contributed by atoms with Gasteiger partial charge in [-0.15, -0.1) is 0 Å². The summed E-state index contributed by atoms with van der Waals surface area (Å²) in [7, 11) is 0. The number of primary amides is 1. The van der Waals surface area contributed by atoms with Crippen molar-refractivity contribution >= 4 is 5.91 Å². The lowest BCUT2D eigenvalue weighted by molar-refractivity contribution is -0.119. The second-order valence-electron chi connectivity index (χ2n) is 3.40. The molecule has 88 valence electrons. The fraction of sp³-hybridized carbons (Fsp3) is 0.364. The maximum absolute atomic E-state index is 12.9. The molecule has 1 unspecified atom stereocenters. The molecule has 0 spiro atoms. The summed E-state index contributed by atoms with van der Waals surface area (Å²) in [5, 5.41) is 0. The zero-order valence-electron chi connectivity index (χ0n) is 8.87. The SMILES string of the molecule is CC(OCCC(N)=O)c1ccc(F)c(F)c1. The largest absolute Gasteiger partial charge is 0.373 e. The first-order valence-corrected chi connectivity index (χ1v) is 4.85. The fourth-order valence-corrected chi connectivity index (χ4v) is 1.20. The average molecular weight is 229 g/mol. The van der Waals surface area contributed by atoms with Crippen LogP contribution in [0.15, 0.2) is 18.2 Å². The molecule has 1 amide bonds. The summed E-state index contributed by atoms with van der Waals surface area (Å²) in [6.07, 6.45) is -0.303. The Balaban J connectivity index is 2.55. The molecule has 0 aliphatic heterocycles. The van der Waals surface area contributed by atoms with Crippen molar-refractivity contribution in [3.05, 3.63) is 35.4 Å². The highest BCUT2D eigenvalue weighted by Crippen LogP contribution is 2.19. The van der Waals surface area contributed by atoms with E-state index in [1.807, 2.05) is 0 Å². The van der Waals surface area contributed by atoms with Gasteiger partial charge in [0.05, 0.1) is 12.7 Å². The van der Waals surface area contributed by atoms with E-state index in [4.69, 9.17) is 10.5 Å². The molecule has 0 aliphatic rings. The summed E-state index contributed by atoms with van der Waals surface area (Å²) in [6, 6.07) is 3.55. The fourth-order valence-electron chi connectivity index (χ4n) is 1.20. The second-order valence-corrected chi connectivity index (χ2v) is 3.40. The molecule has 0 saturated heterocycles. The van der Waals surface area contributed by atoms with Crippen LogP contribution in [-0.4, -0.2) is 12.5 Å². The molecular formula is C11H13F2NO2. The van der Waals surface area contributed by atoms with Crippen molar-refractivity contribution in [1.82, 2.24) is 0 Å². The molecule has 0 radical (unpaired) electrons. The summed E-state index contributed by atoms with van der Waals surface area (Å²) < 4.78 is 30.8. The van der Waals surface area contributed by atoms with E-state index in [1.165, 1.54) is 6.07 Å². The highest BCUT2D eigenvalue weighted by Gasteiger charge is 2.09. The van der Waals surface area contributed by atoms with E-state index >= 15 is 0 Å². The molecule has 0 fully saturated rings. The van der Waals surface area contributed by atoms with Gasteiger partial charge in [-0.2, -0.15) is 0 Å². The number of carbonyl (C=O) groups excluding carboxylic acids is 1. The number of ether oxygens (including phenoxy) is 1. The molecule has 5 heteroatoms. The van der Waals surface area contributed by atoms with Gasteiger partial charge < -0.3 is 10.5 Å². The highest BCUT2D eigenvalue weighted by atomic mass is 19.2. The molecule has 3 nitrogen and oxygen atoms in total. The van der Waals surface area contributed by atoms with E-state index in [0.29, 0.717) is 5.56 Å². The van der Waals surface area contributed by atoms with Gasteiger partial charge in [-0.1, -0.05) is 6.07 Å². The molecule has 1 aromatic rings. The first kappa shape index (κ1) is 12.6. The highest BCUT2D eigenvalue weighted by molar-refractivity contribution is 5.73. The van der Waals surface area contributed by atoms with Crippen molar-refractivity contribution in [1.29, 1.82) is 0 Å². The van der Waals surface area contributed by atoms with E-state index in [1.54, 1.807) is 6.92 Å². The minimum absolute atomic E-state index is 0.105. The number of benzene rings is 1. The van der Waals surface area contributed by atoms with Gasteiger partial charge in [-0.05, 0) is 24.6 Å². The third-order valence-corrected chi connectivity index (χ3v) is 2.13. The number of carbonyl (C=O) groups is 1. The average Bonchev–Trinajstić information content (AvgIpc) is 2.21. The third kappa shape index (κ3) is 3.58. The van der Waals surface area contributed by atoms with Crippen LogP contribution >= 0.6 is 0 Å². The Kier molecular flexibility index (Phi) is 4.37. The number of hydrogen-bond donors (Lipinski definition) is 1. The number of halogens is 2. The Morgan fingerprint density at radius 2 is 2.12 bits per heavy atom. The minimum Gasteiger partial charge on any atom is -0.373 e. The molecule has 0 heterocycles. The van der Waals surface area contributed by atoms with Crippen LogP contribution in [-0.2, 0) is 9.53 Å². The van der Waals surface area contributed by atoms with Crippen molar-refractivity contribution in [3.63, 3.8) is 0 Å². The predicted octanol–water partition coefficient (Wildman–Crippen LogP) is 1.92. The van der Waals surface area contributed by atoms with Crippen LogP contribution in [0.1, 0.15) is 25.0 Å². The molecule has 16 heavy (non-hydrogen) atoms. The van der Waals surface area contributed by atoms with Gasteiger partial charge in [0.2, 0.25) is 5.91 Å². The maximum Gasteiger partial charge on any atom is 0.219 e. The first-order valence-electron chi connectivity index (χ1n) is 4.85. The van der Waals surface area contributed by atoms with Gasteiger partial charge in [0.25, 0.3) is 0 Å². The Morgan fingerprint density at radius 1 is 1.44 bits per heavy atom. The summed E-state index contributed by atoms with van der Waals surface area (Å²) >= 11 is 0. The van der Waals surface area contributed by atoms with Crippen LogP contribution in [0.3, 0.4) is 0 Å². The van der Waals surface area contributed by atoms with Crippen LogP contribution in [0, 0.1) is 11.6 Å². The van der Waals surface area contributed by atoms with Crippen molar-refractivity contribution in [3.8, 4) is 0 Å². The Bertz CT molecular complexity index is 382. The molecule has 0 bridgehead atoms. The summed E-state index contributed by atoms with van der Waals surface area (Å²) in [5.74, 6) is -2.27. The van der Waals surface area contributed by atoms with Gasteiger partial charge in [0.1, 0.15) is 0 Å². The van der Waals surface area contributed by atoms with E-state index in [0.717, 1.165) is 12.1 Å². The Labute approximate surface area is 92.2 Å². The van der Waals surface area contributed by atoms with E-state index in [-0.39, 0.29) is 13.0 Å². The number of amides is 1. The summed E-state index contributed by atoms with van der Waals surface area (Å²) in [5.41, 5.74) is 5.45. The Hall–Kier alpha value is -1.49. The van der Waals surface area contributed by atoms with E-state index in [2.05, 4.69) is 0 Å². The summed E-state index contributed by atoms with van der Waals surface area (Å²) in [4.78, 5) is 10.4. The molecular weight excluding hydrogens is 216 g/mol. The first-order chi connectivity index (χ1) is 7.50. The van der Waals surface area contributed by atoms with Crippen molar-refractivity contribution in [2.45, 2.75) is 19.4 Å². The quantitative estimate of drug-likeness (QED) is 0.838. The molecule has 1 aromatic carbocycles. The van der Waals surface area contributed by atoms with Gasteiger partial charge in [-0.3, -0.25) is 4.79 Å². The van der Waals surface area contributed by atoms with Crippen LogP contribution in [0.4, 0.5) is 8.78 Å². The zero-order valence-corrected chi connectivity index (χ0v) is 8.87. The normalized spacial score (nSPS) is 12.4. The second kappa shape index (κ2) is 5.55. The smallest absolute Gasteiger partial charge is 0.219 e. The van der Waals surface area contributed by atoms with E-state index in [9.17, 15) is 13.6 Å². The molecule has 0 aliphatic carbocycles. The number of hydrogen-bond acceptors (Lipinski definition) is 2. The van der Waals surface area contributed by atoms with Gasteiger partial charge in [0, 0.05) is 6.42 Å². The summed E-state index contributed by atoms with van der Waals surface area (Å²) in [6.45, 7) is 1.85. The van der Waals surface area contributed by atoms with Gasteiger partial charge in [-0.25, -0.2) is 8.78 Å². The van der Waals surface area contributed by atoms with Crippen molar-refractivity contribution < 1.29 is 18.3 Å². The predicted molar refractivity (Wildman–Crippen MR) is 54.5 cm³/mol. The molecule has 0 saturated carbocycles. The lowest BCUT2D eigenvalue weighted by Gasteiger charge is -2.12. The van der Waals surface area contributed by atoms with Crippen molar-refractivity contribution in [2.24, 2.45) is 5.73 Å². The standard InChI is InChI=1S/C11H13F2NO2/c1-7(16-5-4-11(14)15)8-2-3-9(12)10(13)6-8/h2-3,6-7H,4-5H2,1H3,(H2,14,15). The lowest BCUT2D eigenvalue weighted by atomic mass is 10.1. The molecule has 0 aromatic heterocycles. The topological polar surface area (TPSA) is 52.3 Å². The Morgan fingerprint density at radius 3 is 2.69 bits per heavy atom. The lowest BCUT2D eigenvalue weighted by Crippen LogP contribution is -2.14. The van der Waals surface area contributed by atoms with Crippen LogP contribution in [0.2, 0.25) is 0 Å². The third-order valence-electron chi connectivity index (χ3n) is 2.13. The zero-order chi connectivity index (χ0) is 12.1. The van der Waals surface area contributed by atoms with Crippen LogP contribution < -0.4 is 5.73 Å². The number of rotatable bonds is 5. The minimum atomic E-state index is -0.914. The van der Waals surface area contributed by atoms with Crippen molar-refractivity contribution in [2.75, 3.05) is 6.61 Å². The van der Waals surface area contributed by atoms with E-state index < -0.39 is 23.6 Å². The molecule has 2 N–H and O–H groups in total. The van der Waals surface area contributed by atoms with Crippen LogP contribution in [0.25, 0.3) is 0 Å². The van der Waals surface area contributed by atoms with Gasteiger partial charge in [0.15, 0.2) is 11.6 Å². The maximum atomic E-state index is 12.9. The number of nitrogens with two attached hydrogens (primary N) is 1. The van der Waals surface area contributed by atoms with Crippen LogP contribution in [0.5, 0.6) is 0 Å². The van der Waals surface area contributed by atoms with Gasteiger partial charge >= 0.3 is 0 Å². The molecule has 1 rings (SSSR count). The monoisotopic (exact) mass is 229 g/mol.